The highest BCUT2D eigenvalue weighted by Gasteiger charge is 2.32. The van der Waals surface area contributed by atoms with E-state index in [1.165, 1.54) is 53.0 Å². The van der Waals surface area contributed by atoms with Crippen molar-refractivity contribution in [3.63, 3.8) is 0 Å². The molecule has 15 heteroatoms. The average molecular weight is 649 g/mol. The zero-order valence-electron chi connectivity index (χ0n) is 23.4. The van der Waals surface area contributed by atoms with Crippen molar-refractivity contribution < 1.29 is 22.8 Å². The molecule has 4 rings (SSSR count). The molecule has 0 bridgehead atoms. The Morgan fingerprint density at radius 2 is 1.77 bits per heavy atom. The van der Waals surface area contributed by atoms with Crippen LogP contribution in [0, 0.1) is 0 Å². The summed E-state index contributed by atoms with van der Waals surface area (Å²) in [5.41, 5.74) is 0.616. The van der Waals surface area contributed by atoms with Crippen LogP contribution < -0.4 is 16.0 Å². The van der Waals surface area contributed by atoms with Crippen LogP contribution in [-0.4, -0.2) is 85.3 Å². The summed E-state index contributed by atoms with van der Waals surface area (Å²) in [5.74, 6) is -1.51. The van der Waals surface area contributed by atoms with E-state index in [1.54, 1.807) is 12.1 Å². The quantitative estimate of drug-likeness (QED) is 0.245. The molecule has 1 aliphatic heterocycles. The first-order valence-corrected chi connectivity index (χ1v) is 15.5. The Kier molecular flexibility index (Phi) is 10.6. The van der Waals surface area contributed by atoms with E-state index < -0.39 is 27.9 Å². The first-order chi connectivity index (χ1) is 20.5. The predicted molar refractivity (Wildman–Crippen MR) is 165 cm³/mol. The molecule has 0 saturated carbocycles. The van der Waals surface area contributed by atoms with Crippen molar-refractivity contribution in [2.45, 2.75) is 23.8 Å². The van der Waals surface area contributed by atoms with Gasteiger partial charge in [0.25, 0.3) is 11.8 Å². The molecule has 4 N–H and O–H groups in total. The minimum Gasteiger partial charge on any atom is -0.347 e. The number of piperidine rings is 1. The first kappa shape index (κ1) is 32.2. The van der Waals surface area contributed by atoms with Crippen molar-refractivity contribution in [3.8, 4) is 0 Å². The van der Waals surface area contributed by atoms with Gasteiger partial charge >= 0.3 is 0 Å². The zero-order valence-corrected chi connectivity index (χ0v) is 25.8. The van der Waals surface area contributed by atoms with Crippen LogP contribution in [-0.2, 0) is 14.8 Å². The van der Waals surface area contributed by atoms with Crippen molar-refractivity contribution >= 4 is 62.3 Å². The molecule has 2 heterocycles. The van der Waals surface area contributed by atoms with E-state index in [9.17, 15) is 22.8 Å². The third kappa shape index (κ3) is 8.21. The van der Waals surface area contributed by atoms with Gasteiger partial charge in [-0.1, -0.05) is 35.3 Å². The summed E-state index contributed by atoms with van der Waals surface area (Å²) in [7, 11) is -0.0952. The maximum atomic E-state index is 13.4. The molecule has 3 amide bonds. The third-order valence-electron chi connectivity index (χ3n) is 6.52. The number of rotatable bonds is 10. The summed E-state index contributed by atoms with van der Waals surface area (Å²) in [6.45, 7) is 0.947. The number of benzene rings is 2. The maximum absolute atomic E-state index is 13.4. The number of H-pyrrole nitrogens is 1. The Hall–Kier alpha value is -3.75. The summed E-state index contributed by atoms with van der Waals surface area (Å²) in [6, 6.07) is 10.1. The number of halogens is 2. The van der Waals surface area contributed by atoms with Gasteiger partial charge in [0.05, 0.1) is 32.4 Å². The lowest BCUT2D eigenvalue weighted by Gasteiger charge is -2.32. The van der Waals surface area contributed by atoms with Gasteiger partial charge in [0.2, 0.25) is 15.9 Å². The van der Waals surface area contributed by atoms with E-state index in [4.69, 9.17) is 23.2 Å². The molecule has 2 aromatic carbocycles. The molecular formula is C28H31Cl2N7O5S. The van der Waals surface area contributed by atoms with E-state index in [0.717, 1.165) is 0 Å². The van der Waals surface area contributed by atoms with E-state index in [0.29, 0.717) is 25.1 Å². The van der Waals surface area contributed by atoms with Crippen LogP contribution in [0.2, 0.25) is 10.0 Å². The third-order valence-corrected chi connectivity index (χ3v) is 9.03. The molecule has 228 valence electrons. The van der Waals surface area contributed by atoms with Crippen molar-refractivity contribution in [2.75, 3.05) is 44.4 Å². The molecule has 0 aliphatic carbocycles. The van der Waals surface area contributed by atoms with Crippen molar-refractivity contribution in [1.29, 1.82) is 0 Å². The minimum atomic E-state index is -3.87. The van der Waals surface area contributed by atoms with Crippen LogP contribution in [0.4, 0.5) is 11.4 Å². The molecule has 1 aromatic heterocycles. The van der Waals surface area contributed by atoms with Gasteiger partial charge < -0.3 is 20.9 Å². The van der Waals surface area contributed by atoms with Crippen molar-refractivity contribution in [3.05, 3.63) is 82.1 Å². The number of anilines is 2. The smallest absolute Gasteiger partial charge is 0.271 e. The number of carbonyl (C=O) groups is 3. The topological polar surface area (TPSA) is 157 Å². The van der Waals surface area contributed by atoms with Gasteiger partial charge in [-0.2, -0.15) is 9.40 Å². The fourth-order valence-electron chi connectivity index (χ4n) is 4.40. The summed E-state index contributed by atoms with van der Waals surface area (Å²) in [6.07, 6.45) is 5.49. The highest BCUT2D eigenvalue weighted by atomic mass is 35.5. The summed E-state index contributed by atoms with van der Waals surface area (Å²) < 4.78 is 28.1. The Balaban J connectivity index is 1.38. The number of aromatic amines is 1. The van der Waals surface area contributed by atoms with E-state index in [1.807, 2.05) is 19.0 Å². The fourth-order valence-corrected chi connectivity index (χ4v) is 6.50. The Morgan fingerprint density at radius 3 is 2.44 bits per heavy atom. The number of aromatic nitrogens is 2. The average Bonchev–Trinajstić information content (AvgIpc) is 3.41. The van der Waals surface area contributed by atoms with E-state index in [-0.39, 0.29) is 50.9 Å². The number of hydrogen-bond acceptors (Lipinski definition) is 7. The monoisotopic (exact) mass is 647 g/mol. The van der Waals surface area contributed by atoms with Crippen LogP contribution in [0.1, 0.15) is 33.7 Å². The van der Waals surface area contributed by atoms with Gasteiger partial charge in [-0.25, -0.2) is 8.42 Å². The van der Waals surface area contributed by atoms with Crippen LogP contribution >= 0.6 is 23.2 Å². The van der Waals surface area contributed by atoms with Gasteiger partial charge in [-0.05, 0) is 63.3 Å². The highest BCUT2D eigenvalue weighted by Crippen LogP contribution is 2.26. The lowest BCUT2D eigenvalue weighted by Crippen LogP contribution is -2.49. The van der Waals surface area contributed by atoms with Crippen LogP contribution in [0.5, 0.6) is 0 Å². The molecule has 1 atom stereocenters. The number of sulfonamides is 1. The lowest BCUT2D eigenvalue weighted by atomic mass is 10.1. The number of nitrogens with zero attached hydrogens (tertiary/aromatic N) is 3. The molecule has 3 aromatic rings. The van der Waals surface area contributed by atoms with Gasteiger partial charge in [-0.3, -0.25) is 19.5 Å². The summed E-state index contributed by atoms with van der Waals surface area (Å²) >= 11 is 12.2. The molecule has 1 aliphatic rings. The van der Waals surface area contributed by atoms with E-state index >= 15 is 0 Å². The lowest BCUT2D eigenvalue weighted by molar-refractivity contribution is -0.111. The molecule has 0 spiro atoms. The van der Waals surface area contributed by atoms with Gasteiger partial charge in [0.1, 0.15) is 5.69 Å². The summed E-state index contributed by atoms with van der Waals surface area (Å²) in [4.78, 5) is 40.0. The second-order valence-electron chi connectivity index (χ2n) is 10.1. The number of nitrogens with one attached hydrogen (secondary N) is 4. The van der Waals surface area contributed by atoms with Crippen LogP contribution in [0.25, 0.3) is 0 Å². The van der Waals surface area contributed by atoms with E-state index in [2.05, 4.69) is 26.1 Å². The Morgan fingerprint density at radius 1 is 1.07 bits per heavy atom. The molecule has 12 nitrogen and oxygen atoms in total. The maximum Gasteiger partial charge on any atom is 0.271 e. The minimum absolute atomic E-state index is 0.00861. The number of amides is 3. The van der Waals surface area contributed by atoms with Gasteiger partial charge in [0, 0.05) is 37.4 Å². The van der Waals surface area contributed by atoms with Crippen LogP contribution in [0.3, 0.4) is 0 Å². The standard InChI is InChI=1S/C28H31Cl2N7O5S/c1-36(2)14-5-9-24(38)32-18-10-12-20(13-11-18)43(41,42)37-15-4-6-19(17-37)33-28(40)26-23(16-31-35-26)34-27(39)25-21(29)7-3-8-22(25)30/h3,5,7-13,16,19H,4,6,14-15,17H2,1-2H3,(H,31,35)(H,32,38)(H,33,40)(H,34,39)/b9-5+. The molecule has 1 fully saturated rings. The zero-order chi connectivity index (χ0) is 31.1. The van der Waals surface area contributed by atoms with Gasteiger partial charge in [-0.15, -0.1) is 0 Å². The molecule has 1 saturated heterocycles. The van der Waals surface area contributed by atoms with Crippen LogP contribution in [0.15, 0.2) is 65.7 Å². The predicted octanol–water partition coefficient (Wildman–Crippen LogP) is 3.61. The second-order valence-corrected chi connectivity index (χ2v) is 12.8. The Labute approximate surface area is 259 Å². The van der Waals surface area contributed by atoms with Crippen molar-refractivity contribution in [2.24, 2.45) is 0 Å². The highest BCUT2D eigenvalue weighted by molar-refractivity contribution is 7.89. The van der Waals surface area contributed by atoms with Gasteiger partial charge in [0.15, 0.2) is 0 Å². The second kappa shape index (κ2) is 14.1. The molecule has 0 radical (unpaired) electrons. The largest absolute Gasteiger partial charge is 0.347 e. The Bertz CT molecular complexity index is 1600. The number of carbonyl (C=O) groups excluding carboxylic acids is 3. The number of likely N-dealkylation sites (N-methyl/N-ethyl adjacent to an activating group) is 1. The fraction of sp³-hybridized carbons (Fsp3) is 0.286. The molecular weight excluding hydrogens is 617 g/mol. The number of hydrogen-bond donors (Lipinski definition) is 4. The summed E-state index contributed by atoms with van der Waals surface area (Å²) in [5, 5.41) is 14.9. The molecule has 1 unspecified atom stereocenters. The normalized spacial score (nSPS) is 15.9. The SMILES string of the molecule is CN(C)C/C=C/C(=O)Nc1ccc(S(=O)(=O)N2CCCC(NC(=O)c3[nH]ncc3NC(=O)c3c(Cl)cccc3Cl)C2)cc1. The molecule has 43 heavy (non-hydrogen) atoms. The first-order valence-electron chi connectivity index (χ1n) is 13.3. The van der Waals surface area contributed by atoms with Crippen molar-refractivity contribution in [1.82, 2.24) is 24.7 Å².